The molecule has 6 nitrogen and oxygen atoms in total. The minimum absolute atomic E-state index is 0.00463. The molecular formula is C19H53N2O4PSSi2. The fraction of sp³-hybridized carbons (Fsp3) is 0.895. The Morgan fingerprint density at radius 3 is 0.966 bits per heavy atom. The molecule has 0 bridgehead atoms. The van der Waals surface area contributed by atoms with E-state index in [9.17, 15) is 13.8 Å². The van der Waals surface area contributed by atoms with Gasteiger partial charge in [0.2, 0.25) is 5.91 Å². The van der Waals surface area contributed by atoms with Crippen LogP contribution in [0.3, 0.4) is 0 Å². The van der Waals surface area contributed by atoms with E-state index in [2.05, 4.69) is 69.6 Å². The van der Waals surface area contributed by atoms with Crippen molar-refractivity contribution in [3.8, 4) is 0 Å². The molecule has 0 saturated heterocycles. The van der Waals surface area contributed by atoms with Gasteiger partial charge in [0.25, 0.3) is 0 Å². The molecule has 0 aromatic heterocycles. The summed E-state index contributed by atoms with van der Waals surface area (Å²) < 4.78 is 14.6. The van der Waals surface area contributed by atoms with Gasteiger partial charge >= 0.3 is 0 Å². The molecule has 0 atom stereocenters. The number of rotatable bonds is 2. The van der Waals surface area contributed by atoms with Gasteiger partial charge in [0.1, 0.15) is 14.0 Å². The number of nitrogens with one attached hydrogen (secondary N) is 2. The number of hydrogen-bond donors (Lipinski definition) is 2. The van der Waals surface area contributed by atoms with Crippen LogP contribution in [0.1, 0.15) is 20.8 Å². The Balaban J connectivity index is -0.0000000553. The molecule has 0 spiro atoms. The predicted octanol–water partition coefficient (Wildman–Crippen LogP) is 4.21. The Kier molecular flexibility index (Phi) is 41.7. The van der Waals surface area contributed by atoms with E-state index in [1.807, 2.05) is 7.05 Å². The van der Waals surface area contributed by atoms with Crippen molar-refractivity contribution >= 4 is 47.0 Å². The number of ketones is 1. The van der Waals surface area contributed by atoms with E-state index in [1.165, 1.54) is 20.8 Å². The maximum atomic E-state index is 9.70. The Labute approximate surface area is 189 Å². The first-order valence-electron chi connectivity index (χ1n) is 9.35. The van der Waals surface area contributed by atoms with Crippen LogP contribution in [0.15, 0.2) is 0 Å². The zero-order chi connectivity index (χ0) is 25.4. The SMILES string of the molecule is CC(C)=O.CNC(C)=O.CN[Si](C)(C)C.CO[Si](C)(C)C.CP(C)C.CS(C)=O. The van der Waals surface area contributed by atoms with E-state index in [4.69, 9.17) is 4.43 Å². The van der Waals surface area contributed by atoms with Crippen LogP contribution in [0.5, 0.6) is 0 Å². The average Bonchev–Trinajstić information content (AvgIpc) is 2.45. The van der Waals surface area contributed by atoms with Gasteiger partial charge in [-0.15, -0.1) is 7.92 Å². The summed E-state index contributed by atoms with van der Waals surface area (Å²) in [5.41, 5.74) is 0. The highest BCUT2D eigenvalue weighted by Crippen LogP contribution is 2.14. The van der Waals surface area contributed by atoms with Crippen molar-refractivity contribution in [1.29, 1.82) is 0 Å². The molecular weight excluding hydrogens is 439 g/mol. The van der Waals surface area contributed by atoms with Crippen molar-refractivity contribution in [1.82, 2.24) is 10.3 Å². The first kappa shape index (κ1) is 43.0. The third-order valence-corrected chi connectivity index (χ3v) is 4.44. The minimum Gasteiger partial charge on any atom is -0.421 e. The lowest BCUT2D eigenvalue weighted by Crippen LogP contribution is -2.37. The lowest BCUT2D eigenvalue weighted by molar-refractivity contribution is -0.118. The lowest BCUT2D eigenvalue weighted by Gasteiger charge is -2.11. The third-order valence-electron chi connectivity index (χ3n) is 1.71. The summed E-state index contributed by atoms with van der Waals surface area (Å²) >= 11 is 0. The maximum absolute atomic E-state index is 9.70. The molecule has 0 radical (unpaired) electrons. The molecule has 182 valence electrons. The summed E-state index contributed by atoms with van der Waals surface area (Å²) in [5, 5.41) is 2.39. The van der Waals surface area contributed by atoms with Crippen LogP contribution in [0.2, 0.25) is 39.3 Å². The normalized spacial score (nSPS) is 9.48. The Hall–Kier alpha value is 0.0738. The van der Waals surface area contributed by atoms with E-state index in [1.54, 1.807) is 26.7 Å². The molecule has 0 aliphatic carbocycles. The van der Waals surface area contributed by atoms with Crippen molar-refractivity contribution < 1.29 is 18.2 Å². The molecule has 29 heavy (non-hydrogen) atoms. The molecule has 10 heteroatoms. The topological polar surface area (TPSA) is 84.5 Å². The highest BCUT2D eigenvalue weighted by atomic mass is 32.2. The van der Waals surface area contributed by atoms with Gasteiger partial charge in [-0.05, 0) is 60.5 Å². The van der Waals surface area contributed by atoms with Crippen molar-refractivity contribution in [2.24, 2.45) is 0 Å². The van der Waals surface area contributed by atoms with E-state index in [0.717, 1.165) is 0 Å². The lowest BCUT2D eigenvalue weighted by atomic mass is 10.6. The number of hydrogen-bond acceptors (Lipinski definition) is 5. The second-order valence-electron chi connectivity index (χ2n) is 8.61. The molecule has 0 unspecified atom stereocenters. The molecule has 0 saturated carbocycles. The quantitative estimate of drug-likeness (QED) is 0.446. The molecule has 0 aliphatic heterocycles. The van der Waals surface area contributed by atoms with Gasteiger partial charge in [0, 0.05) is 44.4 Å². The predicted molar refractivity (Wildman–Crippen MR) is 144 cm³/mol. The van der Waals surface area contributed by atoms with Crippen LogP contribution >= 0.6 is 7.92 Å². The molecule has 0 fully saturated rings. The monoisotopic (exact) mass is 492 g/mol. The Morgan fingerprint density at radius 2 is 0.966 bits per heavy atom. The molecule has 0 aliphatic rings. The van der Waals surface area contributed by atoms with Gasteiger partial charge in [0.05, 0.1) is 0 Å². The fourth-order valence-electron chi connectivity index (χ4n) is 0. The second-order valence-corrected chi connectivity index (χ2v) is 22.4. The van der Waals surface area contributed by atoms with Gasteiger partial charge in [-0.25, -0.2) is 0 Å². The number of amides is 1. The third kappa shape index (κ3) is 293. The van der Waals surface area contributed by atoms with Gasteiger partial charge < -0.3 is 19.5 Å². The zero-order valence-corrected chi connectivity index (χ0v) is 26.2. The molecule has 2 N–H and O–H groups in total. The Bertz CT molecular complexity index is 351. The van der Waals surface area contributed by atoms with E-state index in [0.29, 0.717) is 7.92 Å². The summed E-state index contributed by atoms with van der Waals surface area (Å²) in [6.07, 6.45) is 3.28. The van der Waals surface area contributed by atoms with Gasteiger partial charge in [-0.3, -0.25) is 9.00 Å². The largest absolute Gasteiger partial charge is 0.421 e. The minimum atomic E-state index is -1.13. The van der Waals surface area contributed by atoms with Crippen LogP contribution in [-0.2, 0) is 24.8 Å². The second kappa shape index (κ2) is 28.1. The van der Waals surface area contributed by atoms with Gasteiger partial charge in [-0.2, -0.15) is 0 Å². The highest BCUT2D eigenvalue weighted by molar-refractivity contribution is 7.83. The molecule has 0 aromatic rings. The smallest absolute Gasteiger partial charge is 0.216 e. The number of carbonyl (C=O) groups is 2. The summed E-state index contributed by atoms with van der Waals surface area (Å²) in [7, 11) is 3.15. The highest BCUT2D eigenvalue weighted by Gasteiger charge is 2.09. The Morgan fingerprint density at radius 1 is 0.862 bits per heavy atom. The van der Waals surface area contributed by atoms with E-state index in [-0.39, 0.29) is 11.7 Å². The van der Waals surface area contributed by atoms with Crippen molar-refractivity contribution in [3.05, 3.63) is 0 Å². The number of carbonyl (C=O) groups excluding carboxylic acids is 2. The summed E-state index contributed by atoms with van der Waals surface area (Å²) in [6, 6.07) is 0. The van der Waals surface area contributed by atoms with Crippen molar-refractivity contribution in [2.75, 3.05) is 53.7 Å². The molecule has 0 rings (SSSR count). The van der Waals surface area contributed by atoms with Crippen LogP contribution in [-0.4, -0.2) is 86.2 Å². The fourth-order valence-corrected chi connectivity index (χ4v) is 0. The van der Waals surface area contributed by atoms with Gasteiger partial charge in [-0.1, -0.05) is 19.6 Å². The van der Waals surface area contributed by atoms with Crippen LogP contribution < -0.4 is 10.3 Å². The molecule has 0 aromatic carbocycles. The van der Waals surface area contributed by atoms with Crippen molar-refractivity contribution in [2.45, 2.75) is 60.1 Å². The molecule has 1 amide bonds. The van der Waals surface area contributed by atoms with Crippen LogP contribution in [0, 0.1) is 0 Å². The van der Waals surface area contributed by atoms with Gasteiger partial charge in [0.15, 0.2) is 8.32 Å². The summed E-state index contributed by atoms with van der Waals surface area (Å²) in [4.78, 5) is 22.4. The van der Waals surface area contributed by atoms with E-state index >= 15 is 0 Å². The van der Waals surface area contributed by atoms with Crippen LogP contribution in [0.4, 0.5) is 0 Å². The number of Topliss-reactive ketones (excluding diaryl/α,β-unsaturated/α-hetero) is 1. The van der Waals surface area contributed by atoms with E-state index < -0.39 is 27.4 Å². The zero-order valence-electron chi connectivity index (χ0n) is 22.5. The van der Waals surface area contributed by atoms with Crippen molar-refractivity contribution in [3.63, 3.8) is 0 Å². The maximum Gasteiger partial charge on any atom is 0.216 e. The average molecular weight is 493 g/mol. The first-order chi connectivity index (χ1) is 12.6. The summed E-state index contributed by atoms with van der Waals surface area (Å²) in [5.74, 6) is 0.171. The molecule has 0 heterocycles. The van der Waals surface area contributed by atoms with Crippen LogP contribution in [0.25, 0.3) is 0 Å². The first-order valence-corrected chi connectivity index (χ1v) is 20.9. The summed E-state index contributed by atoms with van der Waals surface area (Å²) in [6.45, 7) is 24.5. The standard InChI is InChI=1S/C4H13NSi.C4H12OSi.C3H7NO.C3H6O.C3H9P.C2H6OS/c2*1-5-6(2,3)4;1-3(5)4-2;1-3(2)4;2*1-4(2)3/h5H,1-4H3;1-4H3;1-2H3,(H,4,5);1-2H3;1-3H3;1-2H3.